The molecular formula is C15H17N5O3S. The summed E-state index contributed by atoms with van der Waals surface area (Å²) in [6.07, 6.45) is 5.15. The Labute approximate surface area is 139 Å². The summed E-state index contributed by atoms with van der Waals surface area (Å²) in [5.41, 5.74) is 1.02. The van der Waals surface area contributed by atoms with Gasteiger partial charge in [0, 0.05) is 23.5 Å². The number of imidazole rings is 1. The number of sulfonamides is 1. The van der Waals surface area contributed by atoms with Crippen LogP contribution in [0.2, 0.25) is 0 Å². The van der Waals surface area contributed by atoms with Crippen molar-refractivity contribution in [2.24, 2.45) is 0 Å². The van der Waals surface area contributed by atoms with Gasteiger partial charge in [-0.05, 0) is 31.5 Å². The van der Waals surface area contributed by atoms with E-state index in [2.05, 4.69) is 19.9 Å². The molecule has 1 N–H and O–H groups in total. The molecule has 0 aliphatic rings. The summed E-state index contributed by atoms with van der Waals surface area (Å²) < 4.78 is 34.4. The van der Waals surface area contributed by atoms with Crippen molar-refractivity contribution in [2.45, 2.75) is 31.3 Å². The molecule has 0 radical (unpaired) electrons. The first-order valence-electron chi connectivity index (χ1n) is 7.42. The number of rotatable bonds is 6. The average molecular weight is 347 g/mol. The highest BCUT2D eigenvalue weighted by Crippen LogP contribution is 2.22. The molecule has 0 saturated heterocycles. The molecule has 1 atom stereocenters. The van der Waals surface area contributed by atoms with Crippen molar-refractivity contribution < 1.29 is 12.8 Å². The number of hydrogen-bond acceptors (Lipinski definition) is 6. The third kappa shape index (κ3) is 3.30. The maximum atomic E-state index is 12.5. The van der Waals surface area contributed by atoms with Gasteiger partial charge in [-0.2, -0.15) is 8.42 Å². The lowest BCUT2D eigenvalue weighted by atomic mass is 10.2. The fourth-order valence-corrected chi connectivity index (χ4v) is 3.12. The topological polar surface area (TPSA) is 103 Å². The highest BCUT2D eigenvalue weighted by Gasteiger charge is 2.19. The van der Waals surface area contributed by atoms with Crippen molar-refractivity contribution in [3.05, 3.63) is 43.2 Å². The van der Waals surface area contributed by atoms with E-state index in [9.17, 15) is 8.42 Å². The van der Waals surface area contributed by atoms with Crippen LogP contribution in [-0.4, -0.2) is 28.2 Å². The maximum absolute atomic E-state index is 12.5. The SMILES string of the molecule is CC[C@H](C)n1cnc(S(=O)(=O)Nc2cccc(-c3nnco3)c2)c1. The molecule has 8 nitrogen and oxygen atoms in total. The minimum Gasteiger partial charge on any atom is -0.423 e. The van der Waals surface area contributed by atoms with Crippen LogP contribution in [0.15, 0.2) is 52.6 Å². The summed E-state index contributed by atoms with van der Waals surface area (Å²) in [5, 5.41) is 7.39. The first-order valence-corrected chi connectivity index (χ1v) is 8.91. The molecule has 2 heterocycles. The van der Waals surface area contributed by atoms with E-state index in [0.717, 1.165) is 6.42 Å². The van der Waals surface area contributed by atoms with Gasteiger partial charge >= 0.3 is 0 Å². The van der Waals surface area contributed by atoms with Crippen LogP contribution in [0.5, 0.6) is 0 Å². The number of aromatic nitrogens is 4. The number of nitrogens with one attached hydrogen (secondary N) is 1. The molecule has 24 heavy (non-hydrogen) atoms. The molecule has 0 aliphatic carbocycles. The van der Waals surface area contributed by atoms with Gasteiger partial charge in [-0.25, -0.2) is 4.98 Å². The molecule has 0 unspecified atom stereocenters. The summed E-state index contributed by atoms with van der Waals surface area (Å²) in [6, 6.07) is 6.90. The molecule has 0 spiro atoms. The normalized spacial score (nSPS) is 12.9. The van der Waals surface area contributed by atoms with E-state index in [1.165, 1.54) is 18.9 Å². The quantitative estimate of drug-likeness (QED) is 0.735. The van der Waals surface area contributed by atoms with Gasteiger partial charge in [0.1, 0.15) is 0 Å². The van der Waals surface area contributed by atoms with E-state index >= 15 is 0 Å². The van der Waals surface area contributed by atoms with E-state index < -0.39 is 10.0 Å². The zero-order valence-electron chi connectivity index (χ0n) is 13.2. The summed E-state index contributed by atoms with van der Waals surface area (Å²) in [6.45, 7) is 4.03. The van der Waals surface area contributed by atoms with Gasteiger partial charge in [0.05, 0.1) is 6.33 Å². The highest BCUT2D eigenvalue weighted by atomic mass is 32.2. The Morgan fingerprint density at radius 1 is 1.38 bits per heavy atom. The van der Waals surface area contributed by atoms with E-state index in [4.69, 9.17) is 4.42 Å². The number of anilines is 1. The van der Waals surface area contributed by atoms with Crippen LogP contribution < -0.4 is 4.72 Å². The molecule has 1 aromatic carbocycles. The van der Waals surface area contributed by atoms with Crippen LogP contribution in [0.1, 0.15) is 26.3 Å². The van der Waals surface area contributed by atoms with Crippen LogP contribution in [-0.2, 0) is 10.0 Å². The second-order valence-electron chi connectivity index (χ2n) is 5.35. The lowest BCUT2D eigenvalue weighted by Crippen LogP contribution is -2.13. The lowest BCUT2D eigenvalue weighted by Gasteiger charge is -2.09. The highest BCUT2D eigenvalue weighted by molar-refractivity contribution is 7.92. The number of benzene rings is 1. The smallest absolute Gasteiger partial charge is 0.280 e. The lowest BCUT2D eigenvalue weighted by molar-refractivity contribution is 0.529. The molecule has 0 aliphatic heterocycles. The molecule has 0 amide bonds. The van der Waals surface area contributed by atoms with E-state index in [-0.39, 0.29) is 11.1 Å². The predicted molar refractivity (Wildman–Crippen MR) is 87.8 cm³/mol. The second-order valence-corrected chi connectivity index (χ2v) is 6.98. The molecular weight excluding hydrogens is 330 g/mol. The monoisotopic (exact) mass is 347 g/mol. The molecule has 3 aromatic rings. The van der Waals surface area contributed by atoms with Crippen LogP contribution in [0.25, 0.3) is 11.5 Å². The van der Waals surface area contributed by atoms with Gasteiger partial charge in [0.15, 0.2) is 5.03 Å². The Morgan fingerprint density at radius 3 is 2.92 bits per heavy atom. The number of hydrogen-bond donors (Lipinski definition) is 1. The molecule has 0 bridgehead atoms. The van der Waals surface area contributed by atoms with Crippen LogP contribution in [0.4, 0.5) is 5.69 Å². The third-order valence-electron chi connectivity index (χ3n) is 3.67. The van der Waals surface area contributed by atoms with E-state index in [1.807, 2.05) is 13.8 Å². The van der Waals surface area contributed by atoms with Crippen LogP contribution >= 0.6 is 0 Å². The second kappa shape index (κ2) is 6.44. The summed E-state index contributed by atoms with van der Waals surface area (Å²) in [5.74, 6) is 0.317. The Bertz CT molecular complexity index is 918. The van der Waals surface area contributed by atoms with E-state index in [0.29, 0.717) is 17.1 Å². The van der Waals surface area contributed by atoms with Crippen molar-refractivity contribution in [2.75, 3.05) is 4.72 Å². The van der Waals surface area contributed by atoms with Crippen LogP contribution in [0, 0.1) is 0 Å². The minimum atomic E-state index is -3.77. The molecule has 3 rings (SSSR count). The number of nitrogens with zero attached hydrogens (tertiary/aromatic N) is 4. The maximum Gasteiger partial charge on any atom is 0.280 e. The van der Waals surface area contributed by atoms with Crippen molar-refractivity contribution in [1.82, 2.24) is 19.7 Å². The Hall–Kier alpha value is -2.68. The minimum absolute atomic E-state index is 0.0222. The Kier molecular flexibility index (Phi) is 4.34. The van der Waals surface area contributed by atoms with Crippen molar-refractivity contribution >= 4 is 15.7 Å². The zero-order valence-corrected chi connectivity index (χ0v) is 14.1. The zero-order chi connectivity index (χ0) is 17.2. The molecule has 2 aromatic heterocycles. The molecule has 0 saturated carbocycles. The fourth-order valence-electron chi connectivity index (χ4n) is 2.13. The Morgan fingerprint density at radius 2 is 2.21 bits per heavy atom. The van der Waals surface area contributed by atoms with Gasteiger partial charge in [-0.1, -0.05) is 13.0 Å². The van der Waals surface area contributed by atoms with Gasteiger partial charge in [-0.3, -0.25) is 4.72 Å². The molecule has 0 fully saturated rings. The standard InChI is InChI=1S/C15H17N5O3S/c1-3-11(2)20-8-14(16-9-20)24(21,22)19-13-6-4-5-12(7-13)15-18-17-10-23-15/h4-11,19H,3H2,1-2H3/t11-/m0/s1. The largest absolute Gasteiger partial charge is 0.423 e. The van der Waals surface area contributed by atoms with Gasteiger partial charge in [0.2, 0.25) is 12.3 Å². The van der Waals surface area contributed by atoms with Crippen molar-refractivity contribution in [3.8, 4) is 11.5 Å². The van der Waals surface area contributed by atoms with Crippen molar-refractivity contribution in [3.63, 3.8) is 0 Å². The van der Waals surface area contributed by atoms with Gasteiger partial charge in [0.25, 0.3) is 10.0 Å². The first-order chi connectivity index (χ1) is 11.5. The predicted octanol–water partition coefficient (Wildman–Crippen LogP) is 2.70. The van der Waals surface area contributed by atoms with Crippen LogP contribution in [0.3, 0.4) is 0 Å². The molecule has 9 heteroatoms. The summed E-state index contributed by atoms with van der Waals surface area (Å²) in [7, 11) is -3.77. The van der Waals surface area contributed by atoms with Gasteiger partial charge in [-0.15, -0.1) is 10.2 Å². The summed E-state index contributed by atoms with van der Waals surface area (Å²) >= 11 is 0. The first kappa shape index (κ1) is 16.2. The Balaban J connectivity index is 1.84. The van der Waals surface area contributed by atoms with E-state index in [1.54, 1.807) is 28.8 Å². The van der Waals surface area contributed by atoms with Gasteiger partial charge < -0.3 is 8.98 Å². The fraction of sp³-hybridized carbons (Fsp3) is 0.267. The van der Waals surface area contributed by atoms with Crippen molar-refractivity contribution in [1.29, 1.82) is 0 Å². The third-order valence-corrected chi connectivity index (χ3v) is 4.94. The summed E-state index contributed by atoms with van der Waals surface area (Å²) in [4.78, 5) is 4.00. The molecule has 126 valence electrons. The average Bonchev–Trinajstić information content (AvgIpc) is 3.25.